The minimum absolute atomic E-state index is 0.187. The fourth-order valence-corrected chi connectivity index (χ4v) is 3.00. The highest BCUT2D eigenvalue weighted by Gasteiger charge is 2.08. The van der Waals surface area contributed by atoms with E-state index in [-0.39, 0.29) is 12.4 Å². The Bertz CT molecular complexity index is 848. The standard InChI is InChI=1S/C19H14O4S/c20-16(14-6-2-1-3-7-14)10-11-22-13-18(21)23-19-12-15-8-4-5-9-17(15)24-19/h1-12H,13H2/b11-10+. The predicted octanol–water partition coefficient (Wildman–Crippen LogP) is 4.22. The van der Waals surface area contributed by atoms with E-state index in [0.29, 0.717) is 10.6 Å². The van der Waals surface area contributed by atoms with Crippen molar-refractivity contribution in [3.05, 3.63) is 78.6 Å². The van der Waals surface area contributed by atoms with Gasteiger partial charge in [0.2, 0.25) is 0 Å². The van der Waals surface area contributed by atoms with E-state index in [4.69, 9.17) is 9.47 Å². The van der Waals surface area contributed by atoms with Gasteiger partial charge in [-0.05, 0) is 11.5 Å². The number of benzene rings is 2. The van der Waals surface area contributed by atoms with Gasteiger partial charge in [0.15, 0.2) is 17.5 Å². The molecule has 1 heterocycles. The number of ketones is 1. The number of carbonyl (C=O) groups is 2. The number of ether oxygens (including phenoxy) is 2. The van der Waals surface area contributed by atoms with E-state index < -0.39 is 5.97 Å². The van der Waals surface area contributed by atoms with Gasteiger partial charge in [0.25, 0.3) is 0 Å². The van der Waals surface area contributed by atoms with Gasteiger partial charge in [0.05, 0.1) is 6.26 Å². The molecule has 0 unspecified atom stereocenters. The van der Waals surface area contributed by atoms with Crippen LogP contribution in [0, 0.1) is 0 Å². The second kappa shape index (κ2) is 7.57. The molecule has 3 aromatic rings. The maximum Gasteiger partial charge on any atom is 0.350 e. The molecule has 5 heteroatoms. The number of carbonyl (C=O) groups excluding carboxylic acids is 2. The van der Waals surface area contributed by atoms with Gasteiger partial charge >= 0.3 is 5.97 Å². The maximum atomic E-state index is 11.8. The van der Waals surface area contributed by atoms with Crippen LogP contribution in [0.25, 0.3) is 10.1 Å². The van der Waals surface area contributed by atoms with Crippen LogP contribution in [-0.4, -0.2) is 18.4 Å². The zero-order valence-corrected chi connectivity index (χ0v) is 13.5. The van der Waals surface area contributed by atoms with Crippen LogP contribution in [0.4, 0.5) is 0 Å². The molecule has 4 nitrogen and oxygen atoms in total. The summed E-state index contributed by atoms with van der Waals surface area (Å²) in [7, 11) is 0. The molecule has 0 spiro atoms. The smallest absolute Gasteiger partial charge is 0.350 e. The Morgan fingerprint density at radius 3 is 2.54 bits per heavy atom. The average Bonchev–Trinajstić information content (AvgIpc) is 3.01. The molecular formula is C19H14O4S. The highest BCUT2D eigenvalue weighted by molar-refractivity contribution is 7.20. The highest BCUT2D eigenvalue weighted by atomic mass is 32.1. The number of esters is 1. The molecule has 0 fully saturated rings. The van der Waals surface area contributed by atoms with E-state index in [1.807, 2.05) is 36.4 Å². The summed E-state index contributed by atoms with van der Waals surface area (Å²) in [5.41, 5.74) is 0.560. The molecule has 0 radical (unpaired) electrons. The zero-order valence-electron chi connectivity index (χ0n) is 12.7. The third kappa shape index (κ3) is 4.08. The second-order valence-electron chi connectivity index (χ2n) is 4.92. The SMILES string of the molecule is O=C(CO/C=C/C(=O)c1ccccc1)Oc1cc2ccccc2s1. The molecule has 24 heavy (non-hydrogen) atoms. The molecule has 0 aliphatic rings. The lowest BCUT2D eigenvalue weighted by atomic mass is 10.1. The van der Waals surface area contributed by atoms with Gasteiger partial charge in [-0.15, -0.1) is 0 Å². The summed E-state index contributed by atoms with van der Waals surface area (Å²) in [5, 5.41) is 1.55. The van der Waals surface area contributed by atoms with Crippen molar-refractivity contribution in [1.29, 1.82) is 0 Å². The molecule has 0 aliphatic heterocycles. The molecule has 120 valence electrons. The van der Waals surface area contributed by atoms with Crippen LogP contribution in [0.5, 0.6) is 5.06 Å². The fourth-order valence-electron chi connectivity index (χ4n) is 2.07. The average molecular weight is 338 g/mol. The van der Waals surface area contributed by atoms with Crippen molar-refractivity contribution in [1.82, 2.24) is 0 Å². The first-order valence-corrected chi connectivity index (χ1v) is 8.11. The van der Waals surface area contributed by atoms with Crippen molar-refractivity contribution in [3.8, 4) is 5.06 Å². The summed E-state index contributed by atoms with van der Waals surface area (Å²) >= 11 is 1.40. The van der Waals surface area contributed by atoms with Crippen molar-refractivity contribution in [3.63, 3.8) is 0 Å². The third-order valence-electron chi connectivity index (χ3n) is 3.19. The lowest BCUT2D eigenvalue weighted by molar-refractivity contribution is -0.137. The maximum absolute atomic E-state index is 11.8. The monoisotopic (exact) mass is 338 g/mol. The van der Waals surface area contributed by atoms with Crippen molar-refractivity contribution < 1.29 is 19.1 Å². The second-order valence-corrected chi connectivity index (χ2v) is 5.97. The van der Waals surface area contributed by atoms with Crippen LogP contribution in [0.1, 0.15) is 10.4 Å². The summed E-state index contributed by atoms with van der Waals surface area (Å²) in [4.78, 5) is 23.5. The fraction of sp³-hybridized carbons (Fsp3) is 0.0526. The van der Waals surface area contributed by atoms with Gasteiger partial charge in [0, 0.05) is 22.4 Å². The van der Waals surface area contributed by atoms with E-state index in [1.54, 1.807) is 24.3 Å². The molecule has 0 atom stereocenters. The Hall–Kier alpha value is -2.92. The number of hydrogen-bond acceptors (Lipinski definition) is 5. The summed E-state index contributed by atoms with van der Waals surface area (Å²) in [6.07, 6.45) is 2.49. The van der Waals surface area contributed by atoms with Crippen LogP contribution >= 0.6 is 11.3 Å². The molecule has 0 aliphatic carbocycles. The molecule has 1 aromatic heterocycles. The topological polar surface area (TPSA) is 52.6 Å². The van der Waals surface area contributed by atoms with E-state index in [9.17, 15) is 9.59 Å². The van der Waals surface area contributed by atoms with Crippen molar-refractivity contribution >= 4 is 33.2 Å². The van der Waals surface area contributed by atoms with Crippen LogP contribution in [0.15, 0.2) is 73.0 Å². The van der Waals surface area contributed by atoms with Gasteiger partial charge in [-0.3, -0.25) is 4.79 Å². The molecule has 0 saturated heterocycles. The van der Waals surface area contributed by atoms with E-state index >= 15 is 0 Å². The first-order valence-electron chi connectivity index (χ1n) is 7.29. The Labute approximate surface area is 142 Å². The van der Waals surface area contributed by atoms with E-state index in [1.165, 1.54) is 23.7 Å². The van der Waals surface area contributed by atoms with Gasteiger partial charge in [-0.1, -0.05) is 59.9 Å². The van der Waals surface area contributed by atoms with E-state index in [2.05, 4.69) is 0 Å². The lowest BCUT2D eigenvalue weighted by Crippen LogP contribution is -2.13. The summed E-state index contributed by atoms with van der Waals surface area (Å²) in [6, 6.07) is 18.4. The minimum atomic E-state index is -0.515. The largest absolute Gasteiger partial charge is 0.489 e. The number of thiophene rings is 1. The van der Waals surface area contributed by atoms with Gasteiger partial charge < -0.3 is 9.47 Å². The summed E-state index contributed by atoms with van der Waals surface area (Å²) in [6.45, 7) is -0.257. The molecule has 3 rings (SSSR count). The minimum Gasteiger partial charge on any atom is -0.489 e. The number of fused-ring (bicyclic) bond motifs is 1. The van der Waals surface area contributed by atoms with Crippen molar-refractivity contribution in [2.45, 2.75) is 0 Å². The molecule has 0 bridgehead atoms. The Kier molecular flexibility index (Phi) is 5.03. The number of hydrogen-bond donors (Lipinski definition) is 0. The number of rotatable bonds is 6. The van der Waals surface area contributed by atoms with Crippen molar-refractivity contribution in [2.75, 3.05) is 6.61 Å². The molecule has 0 N–H and O–H groups in total. The van der Waals surface area contributed by atoms with Gasteiger partial charge in [0.1, 0.15) is 0 Å². The van der Waals surface area contributed by atoms with Crippen LogP contribution in [0.3, 0.4) is 0 Å². The van der Waals surface area contributed by atoms with Crippen LogP contribution in [-0.2, 0) is 9.53 Å². The predicted molar refractivity (Wildman–Crippen MR) is 93.3 cm³/mol. The zero-order chi connectivity index (χ0) is 16.8. The third-order valence-corrected chi connectivity index (χ3v) is 4.19. The summed E-state index contributed by atoms with van der Waals surface area (Å²) in [5.74, 6) is -0.702. The quantitative estimate of drug-likeness (QED) is 0.292. The van der Waals surface area contributed by atoms with Crippen LogP contribution < -0.4 is 4.74 Å². The van der Waals surface area contributed by atoms with Crippen LogP contribution in [0.2, 0.25) is 0 Å². The molecule has 2 aromatic carbocycles. The lowest BCUT2D eigenvalue weighted by Gasteiger charge is -2.01. The molecular weight excluding hydrogens is 324 g/mol. The summed E-state index contributed by atoms with van der Waals surface area (Å²) < 4.78 is 11.3. The van der Waals surface area contributed by atoms with E-state index in [0.717, 1.165) is 10.1 Å². The Morgan fingerprint density at radius 1 is 1.00 bits per heavy atom. The normalized spacial score (nSPS) is 10.8. The highest BCUT2D eigenvalue weighted by Crippen LogP contribution is 2.31. The first-order chi connectivity index (χ1) is 11.7. The van der Waals surface area contributed by atoms with Crippen molar-refractivity contribution in [2.24, 2.45) is 0 Å². The number of allylic oxidation sites excluding steroid dienone is 1. The Morgan fingerprint density at radius 2 is 1.75 bits per heavy atom. The molecule has 0 saturated carbocycles. The first kappa shape index (κ1) is 16.0. The molecule has 0 amide bonds. The Balaban J connectivity index is 1.49. The van der Waals surface area contributed by atoms with Gasteiger partial charge in [-0.25, -0.2) is 4.79 Å². The van der Waals surface area contributed by atoms with Gasteiger partial charge in [-0.2, -0.15) is 0 Å².